The Morgan fingerprint density at radius 3 is 2.62 bits per heavy atom. The van der Waals surface area contributed by atoms with Crippen molar-refractivity contribution in [2.75, 3.05) is 6.61 Å². The van der Waals surface area contributed by atoms with Gasteiger partial charge in [-0.1, -0.05) is 13.8 Å². The largest absolute Gasteiger partial charge is 0.396 e. The molecule has 0 saturated carbocycles. The topological polar surface area (TPSA) is 32.3 Å². The van der Waals surface area contributed by atoms with Crippen LogP contribution < -0.4 is 5.32 Å². The zero-order valence-corrected chi connectivity index (χ0v) is 11.3. The van der Waals surface area contributed by atoms with Crippen LogP contribution in [0.5, 0.6) is 0 Å². The second kappa shape index (κ2) is 7.05. The summed E-state index contributed by atoms with van der Waals surface area (Å²) in [6.07, 6.45) is 1.91. The molecule has 0 aliphatic heterocycles. The summed E-state index contributed by atoms with van der Waals surface area (Å²) in [5.74, 6) is 0.567. The second-order valence-electron chi connectivity index (χ2n) is 4.77. The minimum absolute atomic E-state index is 0.265. The van der Waals surface area contributed by atoms with Gasteiger partial charge in [-0.05, 0) is 48.1 Å². The molecule has 0 aliphatic carbocycles. The molecule has 1 aromatic heterocycles. The van der Waals surface area contributed by atoms with E-state index in [4.69, 9.17) is 5.11 Å². The van der Waals surface area contributed by atoms with Crippen LogP contribution in [0.25, 0.3) is 0 Å². The smallest absolute Gasteiger partial charge is 0.0445 e. The number of hydrogen-bond acceptors (Lipinski definition) is 3. The summed E-state index contributed by atoms with van der Waals surface area (Å²) >= 11 is 1.75. The highest BCUT2D eigenvalue weighted by atomic mass is 32.1. The van der Waals surface area contributed by atoms with Gasteiger partial charge < -0.3 is 10.4 Å². The zero-order valence-electron chi connectivity index (χ0n) is 10.4. The summed E-state index contributed by atoms with van der Waals surface area (Å²) < 4.78 is 0. The van der Waals surface area contributed by atoms with Gasteiger partial charge >= 0.3 is 0 Å². The van der Waals surface area contributed by atoms with Crippen LogP contribution in [-0.4, -0.2) is 23.8 Å². The summed E-state index contributed by atoms with van der Waals surface area (Å²) in [6, 6.07) is 3.06. The van der Waals surface area contributed by atoms with Crippen molar-refractivity contribution < 1.29 is 5.11 Å². The minimum atomic E-state index is 0.265. The van der Waals surface area contributed by atoms with Crippen molar-refractivity contribution in [1.29, 1.82) is 0 Å². The van der Waals surface area contributed by atoms with E-state index in [1.54, 1.807) is 11.3 Å². The molecule has 0 saturated heterocycles. The fourth-order valence-corrected chi connectivity index (χ4v) is 2.62. The predicted molar refractivity (Wildman–Crippen MR) is 70.9 cm³/mol. The van der Waals surface area contributed by atoms with Crippen LogP contribution in [-0.2, 0) is 6.42 Å². The number of rotatable bonds is 7. The fourth-order valence-electron chi connectivity index (χ4n) is 1.93. The number of nitrogens with one attached hydrogen (secondary N) is 1. The summed E-state index contributed by atoms with van der Waals surface area (Å²) in [5, 5.41) is 16.9. The van der Waals surface area contributed by atoms with Crippen molar-refractivity contribution in [2.24, 2.45) is 5.92 Å². The Labute approximate surface area is 103 Å². The molecule has 0 bridgehead atoms. The van der Waals surface area contributed by atoms with Gasteiger partial charge in [0.1, 0.15) is 0 Å². The van der Waals surface area contributed by atoms with Crippen LogP contribution in [0.2, 0.25) is 0 Å². The minimum Gasteiger partial charge on any atom is -0.396 e. The van der Waals surface area contributed by atoms with Crippen LogP contribution in [0.15, 0.2) is 16.8 Å². The maximum absolute atomic E-state index is 9.02. The van der Waals surface area contributed by atoms with Gasteiger partial charge in [-0.2, -0.15) is 11.3 Å². The third-order valence-corrected chi connectivity index (χ3v) is 3.60. The van der Waals surface area contributed by atoms with Crippen molar-refractivity contribution in [3.8, 4) is 0 Å². The lowest BCUT2D eigenvalue weighted by molar-refractivity contribution is 0.236. The van der Waals surface area contributed by atoms with Gasteiger partial charge in [0.25, 0.3) is 0 Å². The summed E-state index contributed by atoms with van der Waals surface area (Å²) in [5.41, 5.74) is 1.40. The molecule has 1 aromatic rings. The van der Waals surface area contributed by atoms with Crippen LogP contribution in [0.1, 0.15) is 32.8 Å². The van der Waals surface area contributed by atoms with E-state index < -0.39 is 0 Å². The fraction of sp³-hybridized carbons (Fsp3) is 0.692. The maximum Gasteiger partial charge on any atom is 0.0445 e. The highest BCUT2D eigenvalue weighted by Gasteiger charge is 2.15. The molecule has 0 aromatic carbocycles. The maximum atomic E-state index is 9.02. The van der Waals surface area contributed by atoms with Gasteiger partial charge in [0.2, 0.25) is 0 Å². The van der Waals surface area contributed by atoms with E-state index in [0.29, 0.717) is 18.0 Å². The zero-order chi connectivity index (χ0) is 12.0. The molecule has 1 rings (SSSR count). The van der Waals surface area contributed by atoms with Gasteiger partial charge in [0.05, 0.1) is 0 Å². The number of hydrogen-bond donors (Lipinski definition) is 2. The van der Waals surface area contributed by atoms with Crippen molar-refractivity contribution in [2.45, 2.75) is 45.7 Å². The van der Waals surface area contributed by atoms with E-state index in [9.17, 15) is 0 Å². The monoisotopic (exact) mass is 241 g/mol. The molecule has 2 unspecified atom stereocenters. The molecule has 92 valence electrons. The first-order chi connectivity index (χ1) is 7.63. The van der Waals surface area contributed by atoms with Gasteiger partial charge in [-0.15, -0.1) is 0 Å². The van der Waals surface area contributed by atoms with Gasteiger partial charge in [-0.25, -0.2) is 0 Å². The Morgan fingerprint density at radius 2 is 2.12 bits per heavy atom. The SMILES string of the molecule is CC(Cc1ccsc1)NC(CCO)C(C)C. The Morgan fingerprint density at radius 1 is 1.38 bits per heavy atom. The molecule has 0 fully saturated rings. The van der Waals surface area contributed by atoms with Crippen molar-refractivity contribution in [3.05, 3.63) is 22.4 Å². The standard InChI is InChI=1S/C13H23NOS/c1-10(2)13(4-6-15)14-11(3)8-12-5-7-16-9-12/h5,7,9-11,13-15H,4,6,8H2,1-3H3. The van der Waals surface area contributed by atoms with E-state index >= 15 is 0 Å². The summed E-state index contributed by atoms with van der Waals surface area (Å²) in [6.45, 7) is 6.88. The summed E-state index contributed by atoms with van der Waals surface area (Å²) in [4.78, 5) is 0. The van der Waals surface area contributed by atoms with E-state index in [-0.39, 0.29) is 6.61 Å². The van der Waals surface area contributed by atoms with Crippen LogP contribution in [0.4, 0.5) is 0 Å². The van der Waals surface area contributed by atoms with E-state index in [2.05, 4.69) is 42.9 Å². The Balaban J connectivity index is 2.39. The molecule has 16 heavy (non-hydrogen) atoms. The van der Waals surface area contributed by atoms with Crippen molar-refractivity contribution >= 4 is 11.3 Å². The lowest BCUT2D eigenvalue weighted by Crippen LogP contribution is -2.41. The molecule has 0 spiro atoms. The molecule has 2 N–H and O–H groups in total. The molecular weight excluding hydrogens is 218 g/mol. The first-order valence-electron chi connectivity index (χ1n) is 6.01. The average Bonchev–Trinajstić information content (AvgIpc) is 2.69. The predicted octanol–water partition coefficient (Wildman–Crippen LogP) is 2.68. The lowest BCUT2D eigenvalue weighted by atomic mass is 9.99. The molecule has 2 atom stereocenters. The Kier molecular flexibility index (Phi) is 6.03. The van der Waals surface area contributed by atoms with E-state index in [1.165, 1.54) is 5.56 Å². The first-order valence-corrected chi connectivity index (χ1v) is 6.95. The van der Waals surface area contributed by atoms with Gasteiger partial charge in [-0.3, -0.25) is 0 Å². The molecule has 3 heteroatoms. The van der Waals surface area contributed by atoms with E-state index in [1.807, 2.05) is 0 Å². The normalized spacial score (nSPS) is 15.3. The summed E-state index contributed by atoms with van der Waals surface area (Å²) in [7, 11) is 0. The Hall–Kier alpha value is -0.380. The molecule has 0 radical (unpaired) electrons. The van der Waals surface area contributed by atoms with Crippen LogP contribution in [0.3, 0.4) is 0 Å². The molecule has 0 amide bonds. The Bertz CT molecular complexity index is 271. The van der Waals surface area contributed by atoms with Crippen molar-refractivity contribution in [1.82, 2.24) is 5.32 Å². The lowest BCUT2D eigenvalue weighted by Gasteiger charge is -2.25. The average molecular weight is 241 g/mol. The van der Waals surface area contributed by atoms with Crippen LogP contribution in [0, 0.1) is 5.92 Å². The third-order valence-electron chi connectivity index (χ3n) is 2.87. The quantitative estimate of drug-likeness (QED) is 0.769. The highest BCUT2D eigenvalue weighted by Crippen LogP contribution is 2.11. The number of aliphatic hydroxyl groups is 1. The van der Waals surface area contributed by atoms with Gasteiger partial charge in [0.15, 0.2) is 0 Å². The molecular formula is C13H23NOS. The molecule has 2 nitrogen and oxygen atoms in total. The third kappa shape index (κ3) is 4.64. The molecule has 1 heterocycles. The molecule has 0 aliphatic rings. The van der Waals surface area contributed by atoms with Crippen LogP contribution >= 0.6 is 11.3 Å². The second-order valence-corrected chi connectivity index (χ2v) is 5.55. The van der Waals surface area contributed by atoms with E-state index in [0.717, 1.165) is 12.8 Å². The number of aliphatic hydroxyl groups excluding tert-OH is 1. The number of thiophene rings is 1. The van der Waals surface area contributed by atoms with Crippen molar-refractivity contribution in [3.63, 3.8) is 0 Å². The first kappa shape index (κ1) is 13.7. The highest BCUT2D eigenvalue weighted by molar-refractivity contribution is 7.07. The van der Waals surface area contributed by atoms with Gasteiger partial charge in [0, 0.05) is 18.7 Å².